The van der Waals surface area contributed by atoms with Crippen LogP contribution >= 0.6 is 0 Å². The predicted molar refractivity (Wildman–Crippen MR) is 111 cm³/mol. The van der Waals surface area contributed by atoms with Crippen molar-refractivity contribution in [3.63, 3.8) is 0 Å². The fraction of sp³-hybridized carbons (Fsp3) is 0.238. The Morgan fingerprint density at radius 1 is 1.10 bits per heavy atom. The first-order chi connectivity index (χ1) is 13.9. The minimum atomic E-state index is -3.45. The molecule has 0 fully saturated rings. The lowest BCUT2D eigenvalue weighted by Crippen LogP contribution is -2.16. The van der Waals surface area contributed by atoms with Crippen LogP contribution in [0, 0.1) is 6.92 Å². The van der Waals surface area contributed by atoms with Gasteiger partial charge >= 0.3 is 0 Å². The minimum absolute atomic E-state index is 0.0917. The second-order valence-electron chi connectivity index (χ2n) is 6.56. The molecule has 2 aromatic carbocycles. The van der Waals surface area contributed by atoms with Gasteiger partial charge < -0.3 is 10.1 Å². The summed E-state index contributed by atoms with van der Waals surface area (Å²) in [7, 11) is -1.93. The molecule has 0 saturated carbocycles. The predicted octanol–water partition coefficient (Wildman–Crippen LogP) is 3.38. The largest absolute Gasteiger partial charge is 0.497 e. The quantitative estimate of drug-likeness (QED) is 0.611. The van der Waals surface area contributed by atoms with Crippen LogP contribution in [0.15, 0.2) is 65.6 Å². The molecule has 8 heteroatoms. The first kappa shape index (κ1) is 20.6. The number of aromatic nitrogens is 2. The van der Waals surface area contributed by atoms with Crippen molar-refractivity contribution in [3.05, 3.63) is 66.4 Å². The molecule has 0 saturated heterocycles. The zero-order chi connectivity index (χ0) is 20.9. The minimum Gasteiger partial charge on any atom is -0.497 e. The molecule has 0 aliphatic rings. The zero-order valence-electron chi connectivity index (χ0n) is 16.3. The summed E-state index contributed by atoms with van der Waals surface area (Å²) in [5.41, 5.74) is 1.60. The van der Waals surface area contributed by atoms with Crippen molar-refractivity contribution >= 4 is 21.6 Å². The fourth-order valence-corrected chi connectivity index (χ4v) is 4.19. The molecule has 1 heterocycles. The van der Waals surface area contributed by atoms with Crippen molar-refractivity contribution in [2.45, 2.75) is 24.7 Å². The highest BCUT2D eigenvalue weighted by molar-refractivity contribution is 7.91. The Kier molecular flexibility index (Phi) is 6.33. The van der Waals surface area contributed by atoms with E-state index in [1.165, 1.54) is 19.2 Å². The van der Waals surface area contributed by atoms with E-state index in [1.54, 1.807) is 22.9 Å². The third-order valence-electron chi connectivity index (χ3n) is 4.34. The number of anilines is 1. The van der Waals surface area contributed by atoms with E-state index in [0.717, 1.165) is 11.4 Å². The Labute approximate surface area is 170 Å². The molecule has 1 aromatic heterocycles. The third kappa shape index (κ3) is 5.23. The molecule has 1 amide bonds. The summed E-state index contributed by atoms with van der Waals surface area (Å²) in [6.07, 6.45) is 0.313. The molecule has 29 heavy (non-hydrogen) atoms. The van der Waals surface area contributed by atoms with Crippen molar-refractivity contribution in [2.24, 2.45) is 0 Å². The van der Waals surface area contributed by atoms with Crippen LogP contribution in [0.5, 0.6) is 5.75 Å². The summed E-state index contributed by atoms with van der Waals surface area (Å²) in [6.45, 7) is 1.84. The number of aryl methyl sites for hydroxylation is 1. The highest BCUT2D eigenvalue weighted by Crippen LogP contribution is 2.19. The second-order valence-corrected chi connectivity index (χ2v) is 8.67. The lowest BCUT2D eigenvalue weighted by molar-refractivity contribution is -0.116. The van der Waals surface area contributed by atoms with Crippen LogP contribution in [0.3, 0.4) is 0 Å². The molecule has 0 aliphatic heterocycles. The van der Waals surface area contributed by atoms with Gasteiger partial charge in [0.15, 0.2) is 9.84 Å². The summed E-state index contributed by atoms with van der Waals surface area (Å²) in [4.78, 5) is 12.6. The standard InChI is InChI=1S/C21H23N3O4S/c1-16-15-20(24(23-16)17-7-4-3-5-8-17)22-21(25)9-6-14-29(26,27)19-12-10-18(28-2)11-13-19/h3-5,7-8,10-13,15H,6,9,14H2,1-2H3,(H,22,25). The Morgan fingerprint density at radius 2 is 1.79 bits per heavy atom. The number of benzene rings is 2. The maximum atomic E-state index is 12.4. The van der Waals surface area contributed by atoms with Gasteiger partial charge in [-0.2, -0.15) is 5.10 Å². The number of nitrogens with zero attached hydrogens (tertiary/aromatic N) is 2. The lowest BCUT2D eigenvalue weighted by Gasteiger charge is -2.09. The van der Waals surface area contributed by atoms with Gasteiger partial charge in [0.2, 0.25) is 5.91 Å². The maximum Gasteiger partial charge on any atom is 0.225 e. The lowest BCUT2D eigenvalue weighted by atomic mass is 10.3. The molecule has 1 N–H and O–H groups in total. The molecule has 0 spiro atoms. The summed E-state index contributed by atoms with van der Waals surface area (Å²) in [6, 6.07) is 17.5. The SMILES string of the molecule is COc1ccc(S(=O)(=O)CCCC(=O)Nc2cc(C)nn2-c2ccccc2)cc1. The molecule has 0 aliphatic carbocycles. The zero-order valence-corrected chi connectivity index (χ0v) is 17.1. The molecular formula is C21H23N3O4S. The average molecular weight is 413 g/mol. The van der Waals surface area contributed by atoms with E-state index in [4.69, 9.17) is 4.74 Å². The van der Waals surface area contributed by atoms with Crippen molar-refractivity contribution in [1.82, 2.24) is 9.78 Å². The van der Waals surface area contributed by atoms with Gasteiger partial charge in [0, 0.05) is 12.5 Å². The number of hydrogen-bond acceptors (Lipinski definition) is 5. The van der Waals surface area contributed by atoms with E-state index < -0.39 is 9.84 Å². The normalized spacial score (nSPS) is 11.2. The maximum absolute atomic E-state index is 12.4. The van der Waals surface area contributed by atoms with E-state index in [1.807, 2.05) is 37.3 Å². The van der Waals surface area contributed by atoms with Gasteiger partial charge in [0.05, 0.1) is 29.1 Å². The molecule has 0 atom stereocenters. The van der Waals surface area contributed by atoms with Gasteiger partial charge in [-0.25, -0.2) is 13.1 Å². The van der Waals surface area contributed by atoms with Crippen LogP contribution in [0.25, 0.3) is 5.69 Å². The molecule has 0 unspecified atom stereocenters. The molecular weight excluding hydrogens is 390 g/mol. The van der Waals surface area contributed by atoms with Gasteiger partial charge in [0.1, 0.15) is 11.6 Å². The highest BCUT2D eigenvalue weighted by atomic mass is 32.2. The number of sulfone groups is 1. The topological polar surface area (TPSA) is 90.3 Å². The number of methoxy groups -OCH3 is 1. The molecule has 0 bridgehead atoms. The molecule has 0 radical (unpaired) electrons. The Bertz CT molecular complexity index is 1070. The highest BCUT2D eigenvalue weighted by Gasteiger charge is 2.16. The Balaban J connectivity index is 1.59. The molecule has 152 valence electrons. The number of ether oxygens (including phenoxy) is 1. The molecule has 3 rings (SSSR count). The first-order valence-electron chi connectivity index (χ1n) is 9.18. The number of amides is 1. The van der Waals surface area contributed by atoms with Gasteiger partial charge in [-0.15, -0.1) is 0 Å². The number of para-hydroxylation sites is 1. The number of hydrogen-bond donors (Lipinski definition) is 1. The summed E-state index contributed by atoms with van der Waals surface area (Å²) >= 11 is 0. The van der Waals surface area contributed by atoms with Crippen LogP contribution in [0.4, 0.5) is 5.82 Å². The molecule has 7 nitrogen and oxygen atoms in total. The van der Waals surface area contributed by atoms with Crippen LogP contribution < -0.4 is 10.1 Å². The van der Waals surface area contributed by atoms with E-state index in [0.29, 0.717) is 11.6 Å². The number of carbonyl (C=O) groups excluding carboxylic acids is 1. The number of nitrogens with one attached hydrogen (secondary N) is 1. The van der Waals surface area contributed by atoms with Crippen molar-refractivity contribution in [1.29, 1.82) is 0 Å². The van der Waals surface area contributed by atoms with Crippen LogP contribution in [0.2, 0.25) is 0 Å². The monoisotopic (exact) mass is 413 g/mol. The second kappa shape index (κ2) is 8.91. The number of rotatable bonds is 8. The summed E-state index contributed by atoms with van der Waals surface area (Å²) in [5.74, 6) is 0.779. The molecule has 3 aromatic rings. The van der Waals surface area contributed by atoms with Crippen molar-refractivity contribution in [2.75, 3.05) is 18.2 Å². The van der Waals surface area contributed by atoms with Gasteiger partial charge in [-0.3, -0.25) is 4.79 Å². The van der Waals surface area contributed by atoms with Gasteiger partial charge in [-0.05, 0) is 49.7 Å². The summed E-state index contributed by atoms with van der Waals surface area (Å²) in [5, 5.41) is 7.22. The van der Waals surface area contributed by atoms with E-state index >= 15 is 0 Å². The van der Waals surface area contributed by atoms with Crippen LogP contribution in [-0.2, 0) is 14.6 Å². The smallest absolute Gasteiger partial charge is 0.225 e. The van der Waals surface area contributed by atoms with Gasteiger partial charge in [0.25, 0.3) is 0 Å². The first-order valence-corrected chi connectivity index (χ1v) is 10.8. The van der Waals surface area contributed by atoms with Crippen molar-refractivity contribution < 1.29 is 17.9 Å². The van der Waals surface area contributed by atoms with Crippen LogP contribution in [-0.4, -0.2) is 37.0 Å². The third-order valence-corrected chi connectivity index (χ3v) is 6.15. The Hall–Kier alpha value is -3.13. The fourth-order valence-electron chi connectivity index (χ4n) is 2.88. The summed E-state index contributed by atoms with van der Waals surface area (Å²) < 4.78 is 31.5. The van der Waals surface area contributed by atoms with Crippen molar-refractivity contribution in [3.8, 4) is 11.4 Å². The van der Waals surface area contributed by atoms with E-state index in [-0.39, 0.29) is 29.4 Å². The van der Waals surface area contributed by atoms with E-state index in [2.05, 4.69) is 10.4 Å². The Morgan fingerprint density at radius 3 is 2.45 bits per heavy atom. The van der Waals surface area contributed by atoms with Crippen LogP contribution in [0.1, 0.15) is 18.5 Å². The number of carbonyl (C=O) groups is 1. The average Bonchev–Trinajstić information content (AvgIpc) is 3.08. The van der Waals surface area contributed by atoms with Gasteiger partial charge in [-0.1, -0.05) is 18.2 Å². The van der Waals surface area contributed by atoms with E-state index in [9.17, 15) is 13.2 Å².